The van der Waals surface area contributed by atoms with Crippen LogP contribution in [0.5, 0.6) is 0 Å². The van der Waals surface area contributed by atoms with Crippen LogP contribution in [-0.4, -0.2) is 5.75 Å². The average Bonchev–Trinajstić information content (AvgIpc) is 2.93. The van der Waals surface area contributed by atoms with Crippen molar-refractivity contribution < 1.29 is 22.0 Å². The molecule has 0 heterocycles. The van der Waals surface area contributed by atoms with Gasteiger partial charge < -0.3 is 0 Å². The van der Waals surface area contributed by atoms with Crippen molar-refractivity contribution in [1.82, 2.24) is 0 Å². The topological polar surface area (TPSA) is 0 Å². The highest BCUT2D eigenvalue weighted by Gasteiger charge is 2.15. The van der Waals surface area contributed by atoms with Gasteiger partial charge in [0, 0.05) is 11.1 Å². The zero-order valence-corrected chi connectivity index (χ0v) is 21.9. The molecule has 4 rings (SSSR count). The summed E-state index contributed by atoms with van der Waals surface area (Å²) in [6.45, 7) is 3.37. The van der Waals surface area contributed by atoms with Crippen molar-refractivity contribution in [1.29, 1.82) is 0 Å². The summed E-state index contributed by atoms with van der Waals surface area (Å²) in [5, 5.41) is 0. The lowest BCUT2D eigenvalue weighted by Gasteiger charge is -2.10. The molecule has 4 aromatic rings. The molecular formula is C32H27F5S. The van der Waals surface area contributed by atoms with Crippen molar-refractivity contribution in [3.63, 3.8) is 0 Å². The van der Waals surface area contributed by atoms with Gasteiger partial charge in [-0.25, -0.2) is 22.0 Å². The van der Waals surface area contributed by atoms with Crippen LogP contribution in [0.4, 0.5) is 22.0 Å². The Hall–Kier alpha value is -3.38. The van der Waals surface area contributed by atoms with Crippen molar-refractivity contribution in [3.05, 3.63) is 119 Å². The fraction of sp³-hybridized carbons (Fsp3) is 0.188. The van der Waals surface area contributed by atoms with Crippen LogP contribution in [0.2, 0.25) is 0 Å². The second-order valence-corrected chi connectivity index (χ2v) is 10.1. The first kappa shape index (κ1) is 27.6. The predicted octanol–water partition coefficient (Wildman–Crippen LogP) is 10.4. The first-order valence-corrected chi connectivity index (χ1v) is 13.4. The number of hydrogen-bond donors (Lipinski definition) is 0. The van der Waals surface area contributed by atoms with E-state index in [4.69, 9.17) is 0 Å². The Labute approximate surface area is 224 Å². The van der Waals surface area contributed by atoms with Crippen molar-refractivity contribution in [2.24, 2.45) is 0 Å². The largest absolute Gasteiger partial charge is 0.209 e. The molecule has 0 fully saturated rings. The quantitative estimate of drug-likeness (QED) is 0.151. The minimum absolute atomic E-state index is 0.0119. The maximum absolute atomic E-state index is 14.9. The molecule has 0 saturated heterocycles. The second-order valence-electron chi connectivity index (χ2n) is 8.86. The minimum Gasteiger partial charge on any atom is -0.209 e. The lowest BCUT2D eigenvalue weighted by atomic mass is 9.98. The molecular weight excluding hydrogens is 511 g/mol. The van der Waals surface area contributed by atoms with Gasteiger partial charge in [0.05, 0.1) is 4.90 Å². The van der Waals surface area contributed by atoms with Gasteiger partial charge in [0.15, 0.2) is 5.83 Å². The monoisotopic (exact) mass is 538 g/mol. The number of thioether (sulfide) groups is 1. The van der Waals surface area contributed by atoms with Crippen LogP contribution in [-0.2, 0) is 12.8 Å². The Balaban J connectivity index is 1.42. The summed E-state index contributed by atoms with van der Waals surface area (Å²) in [7, 11) is 0. The van der Waals surface area contributed by atoms with E-state index in [9.17, 15) is 22.0 Å². The molecule has 0 nitrogen and oxygen atoms in total. The summed E-state index contributed by atoms with van der Waals surface area (Å²) in [4.78, 5) is -0.0512. The van der Waals surface area contributed by atoms with Gasteiger partial charge in [-0.2, -0.15) is 0 Å². The molecule has 0 saturated carbocycles. The highest BCUT2D eigenvalue weighted by atomic mass is 32.2. The van der Waals surface area contributed by atoms with Gasteiger partial charge in [0.25, 0.3) is 0 Å². The standard InChI is InChI=1S/C32H27F5S/c1-3-27(33)31(37)24-14-12-23(13-15-24)22-10-7-20(8-11-22)5-6-21-9-16-26(28(34)17-21)25-18-29(35)32(38-4-2)30(36)19-25/h7-19H,3-6H2,1-2H3/b31-27+. The van der Waals surface area contributed by atoms with Gasteiger partial charge in [0.1, 0.15) is 23.3 Å². The SMILES string of the molecule is CCSc1c(F)cc(-c2ccc(CCc3ccc(-c4ccc(/C(F)=C(\F)CC)cc4)cc3)cc2F)cc1F. The number of benzene rings is 4. The first-order valence-electron chi connectivity index (χ1n) is 12.4. The lowest BCUT2D eigenvalue weighted by Crippen LogP contribution is -1.96. The van der Waals surface area contributed by atoms with Gasteiger partial charge in [-0.1, -0.05) is 74.5 Å². The Kier molecular flexibility index (Phi) is 9.05. The van der Waals surface area contributed by atoms with Crippen molar-refractivity contribution in [3.8, 4) is 22.3 Å². The number of rotatable bonds is 9. The molecule has 0 aliphatic heterocycles. The Morgan fingerprint density at radius 1 is 0.632 bits per heavy atom. The Morgan fingerprint density at radius 2 is 1.18 bits per heavy atom. The fourth-order valence-electron chi connectivity index (χ4n) is 4.22. The van der Waals surface area contributed by atoms with E-state index in [1.54, 1.807) is 43.3 Å². The summed E-state index contributed by atoms with van der Waals surface area (Å²) in [6.07, 6.45) is 1.28. The maximum atomic E-state index is 14.9. The zero-order chi connectivity index (χ0) is 27.2. The molecule has 0 unspecified atom stereocenters. The summed E-state index contributed by atoms with van der Waals surface area (Å²) >= 11 is 1.07. The molecule has 0 N–H and O–H groups in total. The van der Waals surface area contributed by atoms with Crippen LogP contribution in [0.3, 0.4) is 0 Å². The van der Waals surface area contributed by atoms with Crippen molar-refractivity contribution in [2.45, 2.75) is 38.0 Å². The van der Waals surface area contributed by atoms with Crippen LogP contribution < -0.4 is 0 Å². The molecule has 0 atom stereocenters. The highest BCUT2D eigenvalue weighted by Crippen LogP contribution is 2.32. The fourth-order valence-corrected chi connectivity index (χ4v) is 4.90. The van der Waals surface area contributed by atoms with Gasteiger partial charge in [-0.15, -0.1) is 11.8 Å². The number of aryl methyl sites for hydroxylation is 2. The van der Waals surface area contributed by atoms with E-state index in [0.29, 0.717) is 18.6 Å². The van der Waals surface area contributed by atoms with Gasteiger partial charge in [0.2, 0.25) is 0 Å². The van der Waals surface area contributed by atoms with Gasteiger partial charge in [-0.3, -0.25) is 0 Å². The summed E-state index contributed by atoms with van der Waals surface area (Å²) in [6, 6.07) is 21.6. The number of allylic oxidation sites excluding steroid dienone is 1. The number of halogens is 5. The predicted molar refractivity (Wildman–Crippen MR) is 147 cm³/mol. The zero-order valence-electron chi connectivity index (χ0n) is 21.1. The van der Waals surface area contributed by atoms with E-state index in [2.05, 4.69) is 0 Å². The Morgan fingerprint density at radius 3 is 1.74 bits per heavy atom. The molecule has 196 valence electrons. The highest BCUT2D eigenvalue weighted by molar-refractivity contribution is 7.99. The second kappa shape index (κ2) is 12.4. The molecule has 0 bridgehead atoms. The van der Waals surface area contributed by atoms with E-state index < -0.39 is 29.1 Å². The third-order valence-corrected chi connectivity index (χ3v) is 7.28. The molecule has 0 spiro atoms. The van der Waals surface area contributed by atoms with Crippen molar-refractivity contribution in [2.75, 3.05) is 5.75 Å². The van der Waals surface area contributed by atoms with Crippen LogP contribution >= 0.6 is 11.8 Å². The number of hydrogen-bond acceptors (Lipinski definition) is 1. The summed E-state index contributed by atoms with van der Waals surface area (Å²) < 4.78 is 71.0. The van der Waals surface area contributed by atoms with Gasteiger partial charge >= 0.3 is 0 Å². The Bertz CT molecular complexity index is 1420. The lowest BCUT2D eigenvalue weighted by molar-refractivity contribution is 0.541. The van der Waals surface area contributed by atoms with Crippen LogP contribution in [0.1, 0.15) is 37.0 Å². The molecule has 0 aliphatic rings. The smallest absolute Gasteiger partial charge is 0.161 e. The third-order valence-electron chi connectivity index (χ3n) is 6.31. The summed E-state index contributed by atoms with van der Waals surface area (Å²) in [5.74, 6) is -2.97. The molecule has 0 aromatic heterocycles. The van der Waals surface area contributed by atoms with E-state index >= 15 is 0 Å². The van der Waals surface area contributed by atoms with E-state index in [1.807, 2.05) is 31.2 Å². The minimum atomic E-state index is -0.831. The molecule has 0 radical (unpaired) electrons. The molecule has 6 heteroatoms. The maximum Gasteiger partial charge on any atom is 0.161 e. The molecule has 38 heavy (non-hydrogen) atoms. The average molecular weight is 539 g/mol. The molecule has 0 amide bonds. The summed E-state index contributed by atoms with van der Waals surface area (Å²) in [5.41, 5.74) is 4.20. The van der Waals surface area contributed by atoms with Crippen LogP contribution in [0.15, 0.2) is 89.6 Å². The van der Waals surface area contributed by atoms with Crippen LogP contribution in [0.25, 0.3) is 28.1 Å². The normalized spacial score (nSPS) is 12.0. The van der Waals surface area contributed by atoms with E-state index in [1.165, 1.54) is 18.2 Å². The molecule has 0 aliphatic carbocycles. The van der Waals surface area contributed by atoms with Crippen molar-refractivity contribution >= 4 is 17.6 Å². The van der Waals surface area contributed by atoms with E-state index in [0.717, 1.165) is 34.0 Å². The first-order chi connectivity index (χ1) is 18.3. The van der Waals surface area contributed by atoms with Gasteiger partial charge in [-0.05, 0) is 71.0 Å². The molecule has 4 aromatic carbocycles. The van der Waals surface area contributed by atoms with Crippen LogP contribution in [0, 0.1) is 17.5 Å². The third kappa shape index (κ3) is 6.36. The van der Waals surface area contributed by atoms with E-state index in [-0.39, 0.29) is 28.0 Å².